The molecule has 0 amide bonds. The number of rotatable bonds is 2. The zero-order valence-electron chi connectivity index (χ0n) is 13.2. The maximum atomic E-state index is 14.3. The molecule has 0 heterocycles. The fourth-order valence-electron chi connectivity index (χ4n) is 3.40. The zero-order valence-corrected chi connectivity index (χ0v) is 14.0. The first-order valence-corrected chi connectivity index (χ1v) is 8.49. The quantitative estimate of drug-likeness (QED) is 0.575. The van der Waals surface area contributed by atoms with Crippen LogP contribution >= 0.6 is 11.6 Å². The Bertz CT molecular complexity index is 652. The van der Waals surface area contributed by atoms with Crippen molar-refractivity contribution in [1.29, 1.82) is 0 Å². The number of hydrogen-bond acceptors (Lipinski definition) is 0. The van der Waals surface area contributed by atoms with Crippen LogP contribution in [0.2, 0.25) is 5.02 Å². The van der Waals surface area contributed by atoms with E-state index in [1.807, 2.05) is 31.2 Å². The smallest absolute Gasteiger partial charge is 0.149 e. The Labute approximate surface area is 137 Å². The van der Waals surface area contributed by atoms with Crippen molar-refractivity contribution in [3.05, 3.63) is 58.4 Å². The van der Waals surface area contributed by atoms with Gasteiger partial charge in [0.15, 0.2) is 0 Å². The molecule has 3 rings (SSSR count). The van der Waals surface area contributed by atoms with Crippen LogP contribution in [0.25, 0.3) is 11.1 Å². The van der Waals surface area contributed by atoms with Gasteiger partial charge in [-0.1, -0.05) is 67.8 Å². The van der Waals surface area contributed by atoms with Crippen molar-refractivity contribution in [2.24, 2.45) is 5.92 Å². The molecule has 2 aromatic carbocycles. The van der Waals surface area contributed by atoms with Gasteiger partial charge < -0.3 is 0 Å². The molecule has 1 fully saturated rings. The minimum atomic E-state index is -0.319. The van der Waals surface area contributed by atoms with Gasteiger partial charge in [-0.3, -0.25) is 0 Å². The Kier molecular flexibility index (Phi) is 4.54. The summed E-state index contributed by atoms with van der Waals surface area (Å²) < 4.78 is 14.3. The standard InChI is InChI=1S/C20H22ClF/c1-13-3-6-15(7-4-13)16-8-10-17(11-9-16)18-12-5-14(2)19(21)20(18)22/h5,8-13,15H,3-4,6-7H2,1-2H3. The van der Waals surface area contributed by atoms with Crippen LogP contribution in [0.5, 0.6) is 0 Å². The van der Waals surface area contributed by atoms with E-state index in [-0.39, 0.29) is 10.8 Å². The van der Waals surface area contributed by atoms with Gasteiger partial charge in [0.2, 0.25) is 0 Å². The van der Waals surface area contributed by atoms with E-state index >= 15 is 0 Å². The van der Waals surface area contributed by atoms with Crippen LogP contribution in [-0.4, -0.2) is 0 Å². The van der Waals surface area contributed by atoms with Gasteiger partial charge in [0.1, 0.15) is 5.82 Å². The molecule has 1 saturated carbocycles. The van der Waals surface area contributed by atoms with Gasteiger partial charge in [-0.25, -0.2) is 4.39 Å². The van der Waals surface area contributed by atoms with Crippen LogP contribution in [0.3, 0.4) is 0 Å². The van der Waals surface area contributed by atoms with E-state index in [1.54, 1.807) is 0 Å². The maximum absolute atomic E-state index is 14.3. The summed E-state index contributed by atoms with van der Waals surface area (Å²) in [4.78, 5) is 0. The topological polar surface area (TPSA) is 0 Å². The molecule has 0 N–H and O–H groups in total. The molecular formula is C20H22ClF. The number of aryl methyl sites for hydroxylation is 1. The molecule has 0 saturated heterocycles. The van der Waals surface area contributed by atoms with Crippen LogP contribution in [0.4, 0.5) is 4.39 Å². The Balaban J connectivity index is 1.84. The van der Waals surface area contributed by atoms with Gasteiger partial charge in [0.25, 0.3) is 0 Å². The molecule has 22 heavy (non-hydrogen) atoms. The second-order valence-electron chi connectivity index (χ2n) is 6.64. The van der Waals surface area contributed by atoms with E-state index in [4.69, 9.17) is 11.6 Å². The van der Waals surface area contributed by atoms with Gasteiger partial charge in [0.05, 0.1) is 5.02 Å². The van der Waals surface area contributed by atoms with E-state index in [1.165, 1.54) is 31.2 Å². The highest BCUT2D eigenvalue weighted by Crippen LogP contribution is 2.37. The predicted octanol–water partition coefficient (Wildman–Crippen LogP) is 6.75. The lowest BCUT2D eigenvalue weighted by atomic mass is 9.79. The number of halogens is 2. The van der Waals surface area contributed by atoms with Crippen molar-refractivity contribution < 1.29 is 4.39 Å². The molecule has 0 atom stereocenters. The first kappa shape index (κ1) is 15.6. The summed E-state index contributed by atoms with van der Waals surface area (Å²) in [5.74, 6) is 1.21. The second kappa shape index (κ2) is 6.42. The molecule has 2 heteroatoms. The monoisotopic (exact) mass is 316 g/mol. The Morgan fingerprint density at radius 1 is 0.955 bits per heavy atom. The molecule has 1 aliphatic carbocycles. The van der Waals surface area contributed by atoms with Crippen molar-refractivity contribution in [3.63, 3.8) is 0 Å². The minimum Gasteiger partial charge on any atom is -0.205 e. The summed E-state index contributed by atoms with van der Waals surface area (Å²) in [6.07, 6.45) is 5.17. The minimum absolute atomic E-state index is 0.225. The Hall–Kier alpha value is -1.34. The largest absolute Gasteiger partial charge is 0.205 e. The Morgan fingerprint density at radius 2 is 1.59 bits per heavy atom. The summed E-state index contributed by atoms with van der Waals surface area (Å²) in [7, 11) is 0. The molecule has 0 nitrogen and oxygen atoms in total. The van der Waals surface area contributed by atoms with Crippen LogP contribution in [-0.2, 0) is 0 Å². The van der Waals surface area contributed by atoms with Gasteiger partial charge >= 0.3 is 0 Å². The first-order valence-electron chi connectivity index (χ1n) is 8.11. The summed E-state index contributed by atoms with van der Waals surface area (Å²) in [5, 5.41) is 0.225. The molecule has 0 unspecified atom stereocenters. The fraction of sp³-hybridized carbons (Fsp3) is 0.400. The van der Waals surface area contributed by atoms with Gasteiger partial charge in [-0.15, -0.1) is 0 Å². The van der Waals surface area contributed by atoms with Gasteiger partial charge in [-0.2, -0.15) is 0 Å². The summed E-state index contributed by atoms with van der Waals surface area (Å²) in [5.41, 5.74) is 3.64. The third kappa shape index (κ3) is 3.05. The van der Waals surface area contributed by atoms with E-state index in [0.717, 1.165) is 17.0 Å². The molecule has 0 aliphatic heterocycles. The molecule has 0 radical (unpaired) electrons. The summed E-state index contributed by atoms with van der Waals surface area (Å²) >= 11 is 6.02. The average molecular weight is 317 g/mol. The lowest BCUT2D eigenvalue weighted by Crippen LogP contribution is -2.10. The van der Waals surface area contributed by atoms with Crippen molar-refractivity contribution in [2.75, 3.05) is 0 Å². The molecule has 1 aliphatic rings. The summed E-state index contributed by atoms with van der Waals surface area (Å²) in [6, 6.07) is 12.0. The van der Waals surface area contributed by atoms with Crippen LogP contribution in [0.1, 0.15) is 49.7 Å². The van der Waals surface area contributed by atoms with Crippen molar-refractivity contribution in [1.82, 2.24) is 0 Å². The lowest BCUT2D eigenvalue weighted by Gasteiger charge is -2.26. The van der Waals surface area contributed by atoms with Crippen LogP contribution in [0.15, 0.2) is 36.4 Å². The van der Waals surface area contributed by atoms with E-state index in [0.29, 0.717) is 11.5 Å². The highest BCUT2D eigenvalue weighted by Gasteiger charge is 2.20. The van der Waals surface area contributed by atoms with Crippen LogP contribution < -0.4 is 0 Å². The highest BCUT2D eigenvalue weighted by molar-refractivity contribution is 6.31. The average Bonchev–Trinajstić information content (AvgIpc) is 2.54. The number of benzene rings is 2. The summed E-state index contributed by atoms with van der Waals surface area (Å²) in [6.45, 7) is 4.16. The first-order chi connectivity index (χ1) is 10.6. The van der Waals surface area contributed by atoms with Gasteiger partial charge in [0, 0.05) is 5.56 Å². The fourth-order valence-corrected chi connectivity index (χ4v) is 3.56. The zero-order chi connectivity index (χ0) is 15.7. The van der Waals surface area contributed by atoms with E-state index in [9.17, 15) is 4.39 Å². The molecular weight excluding hydrogens is 295 g/mol. The SMILES string of the molecule is Cc1ccc(-c2ccc(C3CCC(C)CC3)cc2)c(F)c1Cl. The highest BCUT2D eigenvalue weighted by atomic mass is 35.5. The van der Waals surface area contributed by atoms with Crippen molar-refractivity contribution in [2.45, 2.75) is 45.4 Å². The van der Waals surface area contributed by atoms with Crippen LogP contribution in [0, 0.1) is 18.7 Å². The molecule has 2 aromatic rings. The normalized spacial score (nSPS) is 21.8. The molecule has 0 bridgehead atoms. The lowest BCUT2D eigenvalue weighted by molar-refractivity contribution is 0.348. The van der Waals surface area contributed by atoms with Gasteiger partial charge in [-0.05, 0) is 48.3 Å². The molecule has 116 valence electrons. The third-order valence-corrected chi connectivity index (χ3v) is 5.45. The number of hydrogen-bond donors (Lipinski definition) is 0. The van der Waals surface area contributed by atoms with E-state index < -0.39 is 0 Å². The molecule has 0 aromatic heterocycles. The van der Waals surface area contributed by atoms with Crippen molar-refractivity contribution >= 4 is 11.6 Å². The second-order valence-corrected chi connectivity index (χ2v) is 7.01. The van der Waals surface area contributed by atoms with Crippen molar-refractivity contribution in [3.8, 4) is 11.1 Å². The van der Waals surface area contributed by atoms with E-state index in [2.05, 4.69) is 19.1 Å². The molecule has 0 spiro atoms. The Morgan fingerprint density at radius 3 is 2.23 bits per heavy atom. The maximum Gasteiger partial charge on any atom is 0.149 e. The predicted molar refractivity (Wildman–Crippen MR) is 92.0 cm³/mol. The third-order valence-electron chi connectivity index (χ3n) is 4.98.